The third-order valence-electron chi connectivity index (χ3n) is 4.41. The van der Waals surface area contributed by atoms with Crippen LogP contribution in [0.1, 0.15) is 51.0 Å². The molecule has 1 fully saturated rings. The van der Waals surface area contributed by atoms with Gasteiger partial charge in [0.25, 0.3) is 0 Å². The van der Waals surface area contributed by atoms with Crippen LogP contribution in [0.4, 0.5) is 0 Å². The summed E-state index contributed by atoms with van der Waals surface area (Å²) in [6, 6.07) is 8.42. The molecule has 3 nitrogen and oxygen atoms in total. The second kappa shape index (κ2) is 8.40. The molecule has 1 aliphatic rings. The summed E-state index contributed by atoms with van der Waals surface area (Å²) in [7, 11) is 1.82. The Kier molecular flexibility index (Phi) is 6.52. The first-order valence-electron chi connectivity index (χ1n) is 8.25. The lowest BCUT2D eigenvalue weighted by Gasteiger charge is -2.40. The zero-order chi connectivity index (χ0) is 15.0. The summed E-state index contributed by atoms with van der Waals surface area (Å²) >= 11 is 0. The van der Waals surface area contributed by atoms with Crippen molar-refractivity contribution in [2.75, 3.05) is 20.3 Å². The van der Waals surface area contributed by atoms with E-state index in [1.54, 1.807) is 0 Å². The minimum absolute atomic E-state index is 0.0995. The van der Waals surface area contributed by atoms with Crippen molar-refractivity contribution in [2.45, 2.75) is 57.6 Å². The fourth-order valence-corrected chi connectivity index (χ4v) is 2.70. The van der Waals surface area contributed by atoms with Gasteiger partial charge in [0.15, 0.2) is 0 Å². The number of benzene rings is 1. The first-order chi connectivity index (χ1) is 10.3. The average Bonchev–Trinajstić information content (AvgIpc) is 2.48. The van der Waals surface area contributed by atoms with E-state index in [0.717, 1.165) is 31.9 Å². The second-order valence-electron chi connectivity index (χ2n) is 6.04. The maximum absolute atomic E-state index is 5.73. The van der Waals surface area contributed by atoms with Crippen LogP contribution >= 0.6 is 0 Å². The lowest BCUT2D eigenvalue weighted by molar-refractivity contribution is -0.0695. The van der Waals surface area contributed by atoms with Crippen molar-refractivity contribution < 1.29 is 9.47 Å². The zero-order valence-electron chi connectivity index (χ0n) is 13.5. The van der Waals surface area contributed by atoms with E-state index in [-0.39, 0.29) is 5.60 Å². The molecular weight excluding hydrogens is 262 g/mol. The predicted molar refractivity (Wildman–Crippen MR) is 86.8 cm³/mol. The van der Waals surface area contributed by atoms with E-state index in [9.17, 15) is 0 Å². The number of hydrogen-bond donors (Lipinski definition) is 1. The molecule has 0 bridgehead atoms. The molecular formula is C18H29NO2. The molecule has 1 aliphatic carbocycles. The van der Waals surface area contributed by atoms with Crippen molar-refractivity contribution in [3.05, 3.63) is 29.8 Å². The monoisotopic (exact) mass is 291 g/mol. The third kappa shape index (κ3) is 5.01. The van der Waals surface area contributed by atoms with Crippen LogP contribution in [0, 0.1) is 0 Å². The van der Waals surface area contributed by atoms with Crippen LogP contribution in [0.5, 0.6) is 5.75 Å². The Morgan fingerprint density at radius 3 is 2.48 bits per heavy atom. The maximum Gasteiger partial charge on any atom is 0.119 e. The maximum atomic E-state index is 5.73. The Morgan fingerprint density at radius 1 is 1.14 bits per heavy atom. The van der Waals surface area contributed by atoms with E-state index in [1.807, 2.05) is 7.11 Å². The van der Waals surface area contributed by atoms with Gasteiger partial charge in [-0.15, -0.1) is 0 Å². The number of rotatable bonds is 10. The Morgan fingerprint density at radius 2 is 1.90 bits per heavy atom. The van der Waals surface area contributed by atoms with Gasteiger partial charge in [0, 0.05) is 20.2 Å². The highest BCUT2D eigenvalue weighted by atomic mass is 16.5. The summed E-state index contributed by atoms with van der Waals surface area (Å²) in [5.74, 6) is 0.974. The molecule has 1 saturated carbocycles. The SMILES string of the molecule is CCCCCOc1ccc(CNCC2(OC)CCC2)cc1. The van der Waals surface area contributed by atoms with Crippen LogP contribution in [0.15, 0.2) is 24.3 Å². The van der Waals surface area contributed by atoms with Gasteiger partial charge in [-0.2, -0.15) is 0 Å². The first-order valence-corrected chi connectivity index (χ1v) is 8.25. The quantitative estimate of drug-likeness (QED) is 0.663. The lowest BCUT2D eigenvalue weighted by atomic mass is 9.80. The Hall–Kier alpha value is -1.06. The van der Waals surface area contributed by atoms with Crippen molar-refractivity contribution >= 4 is 0 Å². The Balaban J connectivity index is 1.67. The molecule has 1 aromatic carbocycles. The van der Waals surface area contributed by atoms with Gasteiger partial charge in [-0.1, -0.05) is 31.9 Å². The molecule has 0 saturated heterocycles. The molecule has 118 valence electrons. The minimum atomic E-state index is 0.0995. The fourth-order valence-electron chi connectivity index (χ4n) is 2.70. The van der Waals surface area contributed by atoms with E-state index >= 15 is 0 Å². The lowest BCUT2D eigenvalue weighted by Crippen LogP contribution is -2.47. The summed E-state index contributed by atoms with van der Waals surface area (Å²) in [5.41, 5.74) is 1.39. The normalized spacial score (nSPS) is 16.5. The van der Waals surface area contributed by atoms with Gasteiger partial charge >= 0.3 is 0 Å². The molecule has 21 heavy (non-hydrogen) atoms. The minimum Gasteiger partial charge on any atom is -0.494 e. The van der Waals surface area contributed by atoms with E-state index in [1.165, 1.54) is 37.7 Å². The molecule has 1 N–H and O–H groups in total. The largest absolute Gasteiger partial charge is 0.494 e. The molecule has 0 radical (unpaired) electrons. The van der Waals surface area contributed by atoms with E-state index in [2.05, 4.69) is 36.5 Å². The first kappa shape index (κ1) is 16.3. The highest BCUT2D eigenvalue weighted by Gasteiger charge is 2.36. The van der Waals surface area contributed by atoms with Gasteiger partial charge in [-0.3, -0.25) is 0 Å². The van der Waals surface area contributed by atoms with Crippen LogP contribution in [0.25, 0.3) is 0 Å². The van der Waals surface area contributed by atoms with E-state index in [0.29, 0.717) is 0 Å². The molecule has 0 heterocycles. The van der Waals surface area contributed by atoms with Crippen LogP contribution in [0.2, 0.25) is 0 Å². The molecule has 0 aliphatic heterocycles. The molecule has 0 spiro atoms. The topological polar surface area (TPSA) is 30.5 Å². The summed E-state index contributed by atoms with van der Waals surface area (Å²) in [6.07, 6.45) is 7.26. The zero-order valence-corrected chi connectivity index (χ0v) is 13.5. The number of ether oxygens (including phenoxy) is 2. The van der Waals surface area contributed by atoms with Crippen molar-refractivity contribution in [1.29, 1.82) is 0 Å². The van der Waals surface area contributed by atoms with Gasteiger partial charge in [0.1, 0.15) is 5.75 Å². The molecule has 0 unspecified atom stereocenters. The highest BCUT2D eigenvalue weighted by molar-refractivity contribution is 5.27. The number of unbranched alkanes of at least 4 members (excludes halogenated alkanes) is 2. The van der Waals surface area contributed by atoms with Crippen LogP contribution in [-0.2, 0) is 11.3 Å². The van der Waals surface area contributed by atoms with Crippen LogP contribution in [-0.4, -0.2) is 25.9 Å². The number of hydrogen-bond acceptors (Lipinski definition) is 3. The molecule has 1 aromatic rings. The third-order valence-corrected chi connectivity index (χ3v) is 4.41. The van der Waals surface area contributed by atoms with E-state index < -0.39 is 0 Å². The Bertz CT molecular complexity index is 393. The smallest absolute Gasteiger partial charge is 0.119 e. The molecule has 0 aromatic heterocycles. The summed E-state index contributed by atoms with van der Waals surface area (Å²) in [5, 5.41) is 3.51. The van der Waals surface area contributed by atoms with E-state index in [4.69, 9.17) is 9.47 Å². The number of nitrogens with one attached hydrogen (secondary N) is 1. The summed E-state index contributed by atoms with van der Waals surface area (Å²) < 4.78 is 11.3. The molecule has 2 rings (SSSR count). The van der Waals surface area contributed by atoms with Crippen molar-refractivity contribution in [3.8, 4) is 5.75 Å². The van der Waals surface area contributed by atoms with Crippen molar-refractivity contribution in [2.24, 2.45) is 0 Å². The summed E-state index contributed by atoms with van der Waals surface area (Å²) in [4.78, 5) is 0. The second-order valence-corrected chi connectivity index (χ2v) is 6.04. The molecule has 0 amide bonds. The highest BCUT2D eigenvalue weighted by Crippen LogP contribution is 2.34. The van der Waals surface area contributed by atoms with Crippen LogP contribution in [0.3, 0.4) is 0 Å². The average molecular weight is 291 g/mol. The predicted octanol–water partition coefficient (Wildman–Crippen LogP) is 3.91. The van der Waals surface area contributed by atoms with Gasteiger partial charge < -0.3 is 14.8 Å². The standard InChI is InChI=1S/C18H29NO2/c1-3-4-5-13-21-17-9-7-16(8-10-17)14-19-15-18(20-2)11-6-12-18/h7-10,19H,3-6,11-15H2,1-2H3. The van der Waals surface area contributed by atoms with Gasteiger partial charge in [0.05, 0.1) is 12.2 Å². The fraction of sp³-hybridized carbons (Fsp3) is 0.667. The van der Waals surface area contributed by atoms with Crippen LogP contribution < -0.4 is 10.1 Å². The van der Waals surface area contributed by atoms with Crippen molar-refractivity contribution in [1.82, 2.24) is 5.32 Å². The summed E-state index contributed by atoms with van der Waals surface area (Å²) in [6.45, 7) is 4.86. The van der Waals surface area contributed by atoms with Gasteiger partial charge in [-0.05, 0) is 43.4 Å². The number of methoxy groups -OCH3 is 1. The Labute approximate surface area is 129 Å². The van der Waals surface area contributed by atoms with Gasteiger partial charge in [0.2, 0.25) is 0 Å². The molecule has 0 atom stereocenters. The van der Waals surface area contributed by atoms with Crippen molar-refractivity contribution in [3.63, 3.8) is 0 Å². The molecule has 3 heteroatoms. The van der Waals surface area contributed by atoms with Gasteiger partial charge in [-0.25, -0.2) is 0 Å².